The van der Waals surface area contributed by atoms with Crippen LogP contribution in [0, 0.1) is 0 Å². The van der Waals surface area contributed by atoms with Crippen LogP contribution in [0.1, 0.15) is 35.9 Å². The lowest BCUT2D eigenvalue weighted by Gasteiger charge is -2.32. The van der Waals surface area contributed by atoms with Gasteiger partial charge in [-0.2, -0.15) is 0 Å². The first-order valence-electron chi connectivity index (χ1n) is 6.36. The molecular weight excluding hydrogens is 248 g/mol. The van der Waals surface area contributed by atoms with E-state index in [0.29, 0.717) is 17.0 Å². The lowest BCUT2D eigenvalue weighted by Crippen LogP contribution is -2.38. The molecule has 2 N–H and O–H groups in total. The number of nitrogens with two attached hydrogens (primary N) is 1. The van der Waals surface area contributed by atoms with Crippen LogP contribution in [0.3, 0.4) is 0 Å². The molecule has 0 saturated carbocycles. The van der Waals surface area contributed by atoms with Crippen molar-refractivity contribution in [2.75, 3.05) is 30.8 Å². The van der Waals surface area contributed by atoms with Crippen LogP contribution in [0.2, 0.25) is 0 Å². The zero-order valence-corrected chi connectivity index (χ0v) is 11.8. The molecule has 0 amide bonds. The molecule has 18 heavy (non-hydrogen) atoms. The van der Waals surface area contributed by atoms with Gasteiger partial charge in [0, 0.05) is 26.6 Å². The Balaban J connectivity index is 2.16. The Morgan fingerprint density at radius 2 is 2.44 bits per heavy atom. The predicted molar refractivity (Wildman–Crippen MR) is 75.6 cm³/mol. The van der Waals surface area contributed by atoms with E-state index < -0.39 is 0 Å². The van der Waals surface area contributed by atoms with Gasteiger partial charge in [-0.15, -0.1) is 11.3 Å². The fraction of sp³-hybridized carbons (Fsp3) is 0.615. The van der Waals surface area contributed by atoms with E-state index in [9.17, 15) is 4.79 Å². The summed E-state index contributed by atoms with van der Waals surface area (Å²) in [5.74, 6) is 0.129. The van der Waals surface area contributed by atoms with Crippen molar-refractivity contribution >= 4 is 27.8 Å². The van der Waals surface area contributed by atoms with E-state index in [1.807, 2.05) is 13.0 Å². The zero-order valence-electron chi connectivity index (χ0n) is 10.9. The summed E-state index contributed by atoms with van der Waals surface area (Å²) >= 11 is 1.51. The highest BCUT2D eigenvalue weighted by atomic mass is 32.1. The van der Waals surface area contributed by atoms with Gasteiger partial charge >= 0.3 is 0 Å². The van der Waals surface area contributed by atoms with Gasteiger partial charge in [0.05, 0.1) is 21.7 Å². The van der Waals surface area contributed by atoms with Gasteiger partial charge in [0.2, 0.25) is 0 Å². The fourth-order valence-corrected chi connectivity index (χ4v) is 3.38. The Bertz CT molecular complexity index is 431. The highest BCUT2D eigenvalue weighted by molar-refractivity contribution is 7.18. The molecule has 4 nitrogen and oxygen atoms in total. The maximum atomic E-state index is 11.7. The zero-order chi connectivity index (χ0) is 13.1. The molecule has 1 saturated heterocycles. The number of carbonyl (C=O) groups excluding carboxylic acids is 1. The van der Waals surface area contributed by atoms with Gasteiger partial charge in [0.25, 0.3) is 0 Å². The maximum absolute atomic E-state index is 11.7. The van der Waals surface area contributed by atoms with Crippen molar-refractivity contribution in [2.45, 2.75) is 32.3 Å². The number of hydrogen-bond acceptors (Lipinski definition) is 5. The predicted octanol–water partition coefficient (Wildman–Crippen LogP) is 2.54. The van der Waals surface area contributed by atoms with E-state index in [1.54, 1.807) is 7.11 Å². The number of hydrogen-bond donors (Lipinski definition) is 1. The van der Waals surface area contributed by atoms with Crippen LogP contribution < -0.4 is 10.6 Å². The first-order valence-corrected chi connectivity index (χ1v) is 7.17. The van der Waals surface area contributed by atoms with Crippen molar-refractivity contribution in [3.8, 4) is 0 Å². The Labute approximate surface area is 112 Å². The molecule has 0 aliphatic carbocycles. The molecule has 1 aliphatic rings. The summed E-state index contributed by atoms with van der Waals surface area (Å²) in [5.41, 5.74) is 6.54. The summed E-state index contributed by atoms with van der Waals surface area (Å²) in [6, 6.07) is 1.92. The van der Waals surface area contributed by atoms with Crippen LogP contribution in [-0.4, -0.2) is 32.1 Å². The number of ketones is 1. The van der Waals surface area contributed by atoms with Gasteiger partial charge in [0.1, 0.15) is 0 Å². The van der Waals surface area contributed by atoms with E-state index in [4.69, 9.17) is 10.5 Å². The lowest BCUT2D eigenvalue weighted by molar-refractivity contribution is 0.0895. The van der Waals surface area contributed by atoms with Gasteiger partial charge in [-0.1, -0.05) is 6.92 Å². The van der Waals surface area contributed by atoms with Crippen molar-refractivity contribution in [1.29, 1.82) is 0 Å². The second-order valence-electron chi connectivity index (χ2n) is 4.59. The van der Waals surface area contributed by atoms with Crippen molar-refractivity contribution in [3.63, 3.8) is 0 Å². The molecule has 0 spiro atoms. The van der Waals surface area contributed by atoms with E-state index >= 15 is 0 Å². The number of piperidine rings is 1. The largest absolute Gasteiger partial charge is 0.397 e. The van der Waals surface area contributed by atoms with Gasteiger partial charge in [-0.3, -0.25) is 4.79 Å². The molecular formula is C13H20N2O2S. The number of nitrogen functional groups attached to an aromatic ring is 1. The molecule has 0 bridgehead atoms. The molecule has 1 atom stereocenters. The van der Waals surface area contributed by atoms with Gasteiger partial charge in [-0.25, -0.2) is 0 Å². The number of rotatable bonds is 4. The third kappa shape index (κ3) is 2.67. The number of thiophene rings is 1. The molecule has 0 aromatic carbocycles. The maximum Gasteiger partial charge on any atom is 0.174 e. The average Bonchev–Trinajstić information content (AvgIpc) is 2.80. The summed E-state index contributed by atoms with van der Waals surface area (Å²) in [6.07, 6.45) is 3.01. The Kier molecular flexibility index (Phi) is 4.24. The highest BCUT2D eigenvalue weighted by Gasteiger charge is 2.22. The molecule has 1 aromatic rings. The van der Waals surface area contributed by atoms with Crippen LogP contribution >= 0.6 is 11.3 Å². The van der Waals surface area contributed by atoms with E-state index in [1.165, 1.54) is 11.3 Å². The number of methoxy groups -OCH3 is 1. The number of Topliss-reactive ketones (excluding diaryl/α,β-unsaturated/α-hetero) is 1. The minimum absolute atomic E-state index is 0.129. The van der Waals surface area contributed by atoms with Crippen LogP contribution in [0.15, 0.2) is 6.07 Å². The number of anilines is 2. The summed E-state index contributed by atoms with van der Waals surface area (Å²) in [6.45, 7) is 3.76. The van der Waals surface area contributed by atoms with Crippen molar-refractivity contribution in [2.24, 2.45) is 0 Å². The Hall–Kier alpha value is -1.07. The first kappa shape index (κ1) is 13.4. The lowest BCUT2D eigenvalue weighted by atomic mass is 10.1. The molecule has 1 aliphatic heterocycles. The van der Waals surface area contributed by atoms with Crippen molar-refractivity contribution in [1.82, 2.24) is 0 Å². The van der Waals surface area contributed by atoms with Crippen LogP contribution in [0.25, 0.3) is 0 Å². The molecule has 1 unspecified atom stereocenters. The standard InChI is InChI=1S/C13H20N2O2S/c1-3-11(16)13-10(14)7-12(18-13)15-6-4-5-9(8-15)17-2/h7,9H,3-6,8,14H2,1-2H3. The summed E-state index contributed by atoms with van der Waals surface area (Å²) < 4.78 is 5.41. The smallest absolute Gasteiger partial charge is 0.174 e. The first-order chi connectivity index (χ1) is 8.65. The molecule has 2 heterocycles. The van der Waals surface area contributed by atoms with E-state index in [0.717, 1.165) is 30.9 Å². The summed E-state index contributed by atoms with van der Waals surface area (Å²) in [4.78, 5) is 14.7. The van der Waals surface area contributed by atoms with E-state index in [2.05, 4.69) is 4.90 Å². The molecule has 0 radical (unpaired) electrons. The molecule has 1 aromatic heterocycles. The van der Waals surface area contributed by atoms with Crippen LogP contribution in [0.4, 0.5) is 10.7 Å². The second kappa shape index (κ2) is 5.71. The summed E-state index contributed by atoms with van der Waals surface area (Å²) in [7, 11) is 1.75. The van der Waals surface area contributed by atoms with Gasteiger partial charge in [0.15, 0.2) is 5.78 Å². The third-order valence-electron chi connectivity index (χ3n) is 3.35. The summed E-state index contributed by atoms with van der Waals surface area (Å²) in [5, 5.41) is 1.09. The molecule has 2 rings (SSSR count). The Morgan fingerprint density at radius 3 is 3.11 bits per heavy atom. The molecule has 100 valence electrons. The van der Waals surface area contributed by atoms with Crippen LogP contribution in [-0.2, 0) is 4.74 Å². The second-order valence-corrected chi connectivity index (χ2v) is 5.62. The fourth-order valence-electron chi connectivity index (χ4n) is 2.26. The molecule has 5 heteroatoms. The normalized spacial score (nSPS) is 20.1. The topological polar surface area (TPSA) is 55.6 Å². The van der Waals surface area contributed by atoms with Gasteiger partial charge < -0.3 is 15.4 Å². The van der Waals surface area contributed by atoms with Crippen molar-refractivity contribution < 1.29 is 9.53 Å². The quantitative estimate of drug-likeness (QED) is 0.853. The Morgan fingerprint density at radius 1 is 1.67 bits per heavy atom. The van der Waals surface area contributed by atoms with Crippen LogP contribution in [0.5, 0.6) is 0 Å². The number of ether oxygens (including phenoxy) is 1. The minimum atomic E-state index is 0.129. The number of carbonyl (C=O) groups is 1. The SMILES string of the molecule is CCC(=O)c1sc(N2CCCC(OC)C2)cc1N. The van der Waals surface area contributed by atoms with Crippen molar-refractivity contribution in [3.05, 3.63) is 10.9 Å². The molecule has 1 fully saturated rings. The minimum Gasteiger partial charge on any atom is -0.397 e. The van der Waals surface area contributed by atoms with E-state index in [-0.39, 0.29) is 11.9 Å². The third-order valence-corrected chi connectivity index (χ3v) is 4.60. The average molecular weight is 268 g/mol. The highest BCUT2D eigenvalue weighted by Crippen LogP contribution is 2.34. The number of nitrogens with zero attached hydrogens (tertiary/aromatic N) is 1. The monoisotopic (exact) mass is 268 g/mol. The van der Waals surface area contributed by atoms with Gasteiger partial charge in [-0.05, 0) is 18.9 Å².